The van der Waals surface area contributed by atoms with Crippen molar-refractivity contribution < 1.29 is 4.79 Å². The third-order valence-electron chi connectivity index (χ3n) is 3.44. The summed E-state index contributed by atoms with van der Waals surface area (Å²) in [4.78, 5) is 20.3. The summed E-state index contributed by atoms with van der Waals surface area (Å²) in [6.07, 6.45) is 3.97. The van der Waals surface area contributed by atoms with Crippen LogP contribution < -0.4 is 0 Å². The van der Waals surface area contributed by atoms with Crippen molar-refractivity contribution >= 4 is 40.3 Å². The summed E-state index contributed by atoms with van der Waals surface area (Å²) in [5.74, 6) is 0.237. The van der Waals surface area contributed by atoms with E-state index in [9.17, 15) is 4.79 Å². The Morgan fingerprint density at radius 1 is 1.50 bits per heavy atom. The van der Waals surface area contributed by atoms with Gasteiger partial charge in [-0.05, 0) is 31.2 Å². The third kappa shape index (κ3) is 2.92. The number of thiophene rings is 1. The summed E-state index contributed by atoms with van der Waals surface area (Å²) in [6.45, 7) is 2.86. The Bertz CT molecular complexity index is 553. The molecule has 0 aromatic carbocycles. The lowest BCUT2D eigenvalue weighted by Gasteiger charge is -2.26. The minimum Gasteiger partial charge on any atom is -0.334 e. The number of thiazole rings is 1. The van der Waals surface area contributed by atoms with Gasteiger partial charge in [0.15, 0.2) is 4.34 Å². The second-order valence-electron chi connectivity index (χ2n) is 4.76. The van der Waals surface area contributed by atoms with Crippen molar-refractivity contribution in [1.29, 1.82) is 0 Å². The van der Waals surface area contributed by atoms with Gasteiger partial charge in [0.2, 0.25) is 5.91 Å². The lowest BCUT2D eigenvalue weighted by molar-refractivity contribution is -0.131. The molecule has 1 aliphatic heterocycles. The summed E-state index contributed by atoms with van der Waals surface area (Å²) in [6, 6.07) is 4.48. The minimum absolute atomic E-state index is 0.0679. The van der Waals surface area contributed by atoms with E-state index >= 15 is 0 Å². The molecule has 20 heavy (non-hydrogen) atoms. The number of nitrogens with zero attached hydrogens (tertiary/aromatic N) is 2. The van der Waals surface area contributed by atoms with Gasteiger partial charge < -0.3 is 4.90 Å². The summed E-state index contributed by atoms with van der Waals surface area (Å²) >= 11 is 4.90. The average Bonchev–Trinajstić information content (AvgIpc) is 3.18. The number of carbonyl (C=O) groups excluding carboxylic acids is 1. The first kappa shape index (κ1) is 14.1. The van der Waals surface area contributed by atoms with Crippen LogP contribution in [0.3, 0.4) is 0 Å². The molecule has 0 N–H and O–H groups in total. The van der Waals surface area contributed by atoms with E-state index in [1.54, 1.807) is 40.6 Å². The van der Waals surface area contributed by atoms with E-state index in [4.69, 9.17) is 0 Å². The Labute approximate surface area is 131 Å². The van der Waals surface area contributed by atoms with Gasteiger partial charge in [-0.3, -0.25) is 4.79 Å². The zero-order chi connectivity index (χ0) is 13.9. The highest BCUT2D eigenvalue weighted by atomic mass is 32.2. The topological polar surface area (TPSA) is 33.2 Å². The van der Waals surface area contributed by atoms with Crippen molar-refractivity contribution in [3.05, 3.63) is 34.0 Å². The zero-order valence-electron chi connectivity index (χ0n) is 11.2. The Morgan fingerprint density at radius 2 is 2.40 bits per heavy atom. The molecule has 3 heterocycles. The smallest absolute Gasteiger partial charge is 0.236 e. The van der Waals surface area contributed by atoms with Crippen LogP contribution in [0, 0.1) is 0 Å². The van der Waals surface area contributed by atoms with E-state index in [-0.39, 0.29) is 17.2 Å². The van der Waals surface area contributed by atoms with Crippen LogP contribution in [0.5, 0.6) is 0 Å². The quantitative estimate of drug-likeness (QED) is 0.796. The summed E-state index contributed by atoms with van der Waals surface area (Å²) < 4.78 is 0.970. The Kier molecular flexibility index (Phi) is 4.43. The van der Waals surface area contributed by atoms with Gasteiger partial charge in [0.05, 0.1) is 11.3 Å². The second-order valence-corrected chi connectivity index (χ2v) is 8.22. The van der Waals surface area contributed by atoms with Crippen molar-refractivity contribution in [1.82, 2.24) is 9.88 Å². The molecule has 0 bridgehead atoms. The zero-order valence-corrected chi connectivity index (χ0v) is 13.6. The van der Waals surface area contributed by atoms with Crippen molar-refractivity contribution in [2.45, 2.75) is 35.4 Å². The van der Waals surface area contributed by atoms with Crippen LogP contribution in [0.15, 0.2) is 33.4 Å². The second kappa shape index (κ2) is 6.28. The molecule has 0 spiro atoms. The van der Waals surface area contributed by atoms with Gasteiger partial charge in [0, 0.05) is 23.0 Å². The number of carbonyl (C=O) groups is 1. The molecule has 1 aliphatic rings. The molecule has 3 nitrogen and oxygen atoms in total. The maximum absolute atomic E-state index is 12.7. The monoisotopic (exact) mass is 324 g/mol. The lowest BCUT2D eigenvalue weighted by atomic mass is 10.2. The number of hydrogen-bond acceptors (Lipinski definition) is 5. The van der Waals surface area contributed by atoms with Crippen LogP contribution in [-0.4, -0.2) is 27.6 Å². The predicted molar refractivity (Wildman–Crippen MR) is 85.4 cm³/mol. The maximum atomic E-state index is 12.7. The van der Waals surface area contributed by atoms with Crippen LogP contribution in [0.4, 0.5) is 0 Å². The fourth-order valence-electron chi connectivity index (χ4n) is 2.51. The lowest BCUT2D eigenvalue weighted by Crippen LogP contribution is -2.35. The Hall–Kier alpha value is -0.850. The highest BCUT2D eigenvalue weighted by molar-refractivity contribution is 8.02. The number of aromatic nitrogens is 1. The van der Waals surface area contributed by atoms with Crippen LogP contribution in [-0.2, 0) is 4.79 Å². The molecule has 2 aromatic heterocycles. The van der Waals surface area contributed by atoms with E-state index in [0.717, 1.165) is 23.7 Å². The van der Waals surface area contributed by atoms with E-state index in [0.29, 0.717) is 0 Å². The first-order chi connectivity index (χ1) is 9.75. The fraction of sp³-hybridized carbons (Fsp3) is 0.429. The van der Waals surface area contributed by atoms with Crippen molar-refractivity contribution in [3.63, 3.8) is 0 Å². The van der Waals surface area contributed by atoms with Crippen LogP contribution in [0.2, 0.25) is 0 Å². The number of rotatable bonds is 4. The SMILES string of the molecule is C[C@H](Sc1nccs1)C(=O)N1CCC[C@@H]1c1cccs1. The third-order valence-corrected chi connectivity index (χ3v) is 6.42. The average molecular weight is 324 g/mol. The molecule has 6 heteroatoms. The molecule has 0 unspecified atom stereocenters. The summed E-state index contributed by atoms with van der Waals surface area (Å²) in [5.41, 5.74) is 0. The molecule has 106 valence electrons. The Morgan fingerprint density at radius 3 is 3.10 bits per heavy atom. The number of likely N-dealkylation sites (tertiary alicyclic amines) is 1. The van der Waals surface area contributed by atoms with Gasteiger partial charge in [-0.25, -0.2) is 4.98 Å². The molecule has 3 rings (SSSR count). The van der Waals surface area contributed by atoms with Crippen LogP contribution in [0.1, 0.15) is 30.7 Å². The van der Waals surface area contributed by atoms with Crippen molar-refractivity contribution in [2.24, 2.45) is 0 Å². The molecule has 0 saturated carbocycles. The highest BCUT2D eigenvalue weighted by Gasteiger charge is 2.33. The first-order valence-corrected chi connectivity index (χ1v) is 9.29. The molecule has 2 aromatic rings. The number of amides is 1. The van der Waals surface area contributed by atoms with Gasteiger partial charge in [0.1, 0.15) is 0 Å². The van der Waals surface area contributed by atoms with Gasteiger partial charge in [-0.15, -0.1) is 22.7 Å². The molecular weight excluding hydrogens is 308 g/mol. The fourth-order valence-corrected chi connectivity index (χ4v) is 5.23. The van der Waals surface area contributed by atoms with E-state index in [2.05, 4.69) is 27.4 Å². The molecule has 1 saturated heterocycles. The summed E-state index contributed by atoms with van der Waals surface area (Å²) in [7, 11) is 0. The Balaban J connectivity index is 1.69. The largest absolute Gasteiger partial charge is 0.334 e. The minimum atomic E-state index is -0.0679. The molecule has 0 aliphatic carbocycles. The van der Waals surface area contributed by atoms with Gasteiger partial charge in [-0.1, -0.05) is 17.8 Å². The van der Waals surface area contributed by atoms with Gasteiger partial charge in [-0.2, -0.15) is 0 Å². The van der Waals surface area contributed by atoms with Crippen molar-refractivity contribution in [2.75, 3.05) is 6.54 Å². The molecule has 2 atom stereocenters. The van der Waals surface area contributed by atoms with Crippen molar-refractivity contribution in [3.8, 4) is 0 Å². The molecular formula is C14H16N2OS3. The van der Waals surface area contributed by atoms with Crippen LogP contribution >= 0.6 is 34.4 Å². The molecule has 1 amide bonds. The summed E-state index contributed by atoms with van der Waals surface area (Å²) in [5, 5.41) is 3.97. The molecule has 1 fully saturated rings. The van der Waals surface area contributed by atoms with Gasteiger partial charge >= 0.3 is 0 Å². The van der Waals surface area contributed by atoms with E-state index in [1.165, 1.54) is 4.88 Å². The van der Waals surface area contributed by atoms with Crippen LogP contribution in [0.25, 0.3) is 0 Å². The number of hydrogen-bond donors (Lipinski definition) is 0. The van der Waals surface area contributed by atoms with Gasteiger partial charge in [0.25, 0.3) is 0 Å². The predicted octanol–water partition coefficient (Wildman–Crippen LogP) is 4.05. The number of thioether (sulfide) groups is 1. The first-order valence-electron chi connectivity index (χ1n) is 6.66. The molecule has 0 radical (unpaired) electrons. The highest BCUT2D eigenvalue weighted by Crippen LogP contribution is 2.36. The maximum Gasteiger partial charge on any atom is 0.236 e. The standard InChI is InChI=1S/C14H16N2OS3/c1-10(20-14-15-6-9-19-14)13(17)16-7-2-4-11(16)12-5-3-8-18-12/h3,5-6,8-11H,2,4,7H2,1H3/t10-,11+/m0/s1. The van der Waals surface area contributed by atoms with E-state index in [1.807, 2.05) is 12.3 Å². The van der Waals surface area contributed by atoms with E-state index < -0.39 is 0 Å². The normalized spacial score (nSPS) is 20.2.